The molecule has 0 spiro atoms. The van der Waals surface area contributed by atoms with Gasteiger partial charge in [-0.3, -0.25) is 0 Å². The summed E-state index contributed by atoms with van der Waals surface area (Å²) in [5.41, 5.74) is 6.21. The first-order valence-corrected chi connectivity index (χ1v) is 9.53. The van der Waals surface area contributed by atoms with E-state index in [1.807, 2.05) is 12.1 Å². The van der Waals surface area contributed by atoms with Crippen LogP contribution in [0, 0.1) is 5.92 Å². The van der Waals surface area contributed by atoms with Crippen molar-refractivity contribution in [3.63, 3.8) is 0 Å². The fourth-order valence-electron chi connectivity index (χ4n) is 2.50. The topological polar surface area (TPSA) is 60.2 Å². The molecule has 0 radical (unpaired) electrons. The molecule has 1 atom stereocenters. The number of sulfone groups is 1. The molecular formula is C14H21NO2S2. The molecule has 0 amide bonds. The molecule has 1 aliphatic carbocycles. The lowest BCUT2D eigenvalue weighted by Gasteiger charge is -2.18. The summed E-state index contributed by atoms with van der Waals surface area (Å²) in [5.74, 6) is 1.57. The van der Waals surface area contributed by atoms with Gasteiger partial charge in [-0.1, -0.05) is 12.8 Å². The van der Waals surface area contributed by atoms with E-state index >= 15 is 0 Å². The van der Waals surface area contributed by atoms with E-state index in [1.54, 1.807) is 23.9 Å². The van der Waals surface area contributed by atoms with Gasteiger partial charge in [-0.25, -0.2) is 8.42 Å². The molecular weight excluding hydrogens is 278 g/mol. The Morgan fingerprint density at radius 3 is 2.37 bits per heavy atom. The summed E-state index contributed by atoms with van der Waals surface area (Å²) in [6, 6.07) is 7.31. The van der Waals surface area contributed by atoms with Gasteiger partial charge in [-0.2, -0.15) is 0 Å². The van der Waals surface area contributed by atoms with Crippen LogP contribution < -0.4 is 5.73 Å². The minimum atomic E-state index is -3.10. The molecule has 1 fully saturated rings. The fraction of sp³-hybridized carbons (Fsp3) is 0.571. The van der Waals surface area contributed by atoms with E-state index in [0.717, 1.165) is 10.6 Å². The molecule has 0 heterocycles. The molecule has 19 heavy (non-hydrogen) atoms. The van der Waals surface area contributed by atoms with Gasteiger partial charge in [-0.05, 0) is 43.0 Å². The Kier molecular flexibility index (Phi) is 4.92. The minimum absolute atomic E-state index is 0.252. The van der Waals surface area contributed by atoms with Gasteiger partial charge < -0.3 is 5.73 Å². The van der Waals surface area contributed by atoms with E-state index in [4.69, 9.17) is 5.73 Å². The molecule has 1 aliphatic rings. The maximum absolute atomic E-state index is 11.4. The second-order valence-corrected chi connectivity index (χ2v) is 8.37. The number of nitrogens with two attached hydrogens (primary N) is 1. The summed E-state index contributed by atoms with van der Waals surface area (Å²) >= 11 is 1.71. The van der Waals surface area contributed by atoms with E-state index in [0.29, 0.717) is 10.8 Å². The number of hydrogen-bond acceptors (Lipinski definition) is 4. The van der Waals surface area contributed by atoms with Crippen molar-refractivity contribution in [1.29, 1.82) is 0 Å². The van der Waals surface area contributed by atoms with Crippen LogP contribution in [-0.4, -0.2) is 26.5 Å². The van der Waals surface area contributed by atoms with Crippen LogP contribution in [0.4, 0.5) is 0 Å². The SMILES string of the molecule is CS(=O)(=O)c1ccc(SCC(N)C2CCCC2)cc1. The molecule has 0 aliphatic heterocycles. The van der Waals surface area contributed by atoms with Crippen molar-refractivity contribution in [2.75, 3.05) is 12.0 Å². The highest BCUT2D eigenvalue weighted by Gasteiger charge is 2.21. The van der Waals surface area contributed by atoms with E-state index in [9.17, 15) is 8.42 Å². The fourth-order valence-corrected chi connectivity index (χ4v) is 4.11. The highest BCUT2D eigenvalue weighted by Crippen LogP contribution is 2.30. The quantitative estimate of drug-likeness (QED) is 0.849. The third-order valence-electron chi connectivity index (χ3n) is 3.70. The summed E-state index contributed by atoms with van der Waals surface area (Å²) in [5, 5.41) is 0. The zero-order chi connectivity index (χ0) is 13.9. The normalized spacial score (nSPS) is 18.6. The Hall–Kier alpha value is -0.520. The number of rotatable bonds is 5. The number of benzene rings is 1. The van der Waals surface area contributed by atoms with Crippen LogP contribution in [0.2, 0.25) is 0 Å². The van der Waals surface area contributed by atoms with Crippen molar-refractivity contribution < 1.29 is 8.42 Å². The molecule has 3 nitrogen and oxygen atoms in total. The minimum Gasteiger partial charge on any atom is -0.327 e. The molecule has 1 aromatic carbocycles. The lowest BCUT2D eigenvalue weighted by atomic mass is 10.0. The Morgan fingerprint density at radius 2 is 1.84 bits per heavy atom. The van der Waals surface area contributed by atoms with Crippen molar-refractivity contribution >= 4 is 21.6 Å². The molecule has 2 N–H and O–H groups in total. The molecule has 106 valence electrons. The maximum Gasteiger partial charge on any atom is 0.175 e. The first kappa shape index (κ1) is 14.9. The third-order valence-corrected chi connectivity index (χ3v) is 5.99. The van der Waals surface area contributed by atoms with E-state index in [-0.39, 0.29) is 6.04 Å². The zero-order valence-electron chi connectivity index (χ0n) is 11.2. The molecule has 0 aromatic heterocycles. The van der Waals surface area contributed by atoms with Gasteiger partial charge in [0.1, 0.15) is 0 Å². The molecule has 2 rings (SSSR count). The van der Waals surface area contributed by atoms with Gasteiger partial charge in [0.2, 0.25) is 0 Å². The Balaban J connectivity index is 1.89. The van der Waals surface area contributed by atoms with Gasteiger partial charge in [0.25, 0.3) is 0 Å². The molecule has 1 aromatic rings. The second-order valence-electron chi connectivity index (χ2n) is 5.26. The zero-order valence-corrected chi connectivity index (χ0v) is 12.8. The summed E-state index contributed by atoms with van der Waals surface area (Å²) in [6.07, 6.45) is 6.37. The van der Waals surface area contributed by atoms with Crippen LogP contribution in [0.25, 0.3) is 0 Å². The molecule has 1 saturated carbocycles. The second kappa shape index (κ2) is 6.29. The van der Waals surface area contributed by atoms with Gasteiger partial charge >= 0.3 is 0 Å². The lowest BCUT2D eigenvalue weighted by Crippen LogP contribution is -2.30. The average molecular weight is 299 g/mol. The highest BCUT2D eigenvalue weighted by atomic mass is 32.2. The molecule has 5 heteroatoms. The summed E-state index contributed by atoms with van der Waals surface area (Å²) in [4.78, 5) is 1.46. The van der Waals surface area contributed by atoms with Crippen molar-refractivity contribution in [3.8, 4) is 0 Å². The van der Waals surface area contributed by atoms with E-state index in [2.05, 4.69) is 0 Å². The smallest absolute Gasteiger partial charge is 0.175 e. The van der Waals surface area contributed by atoms with Crippen LogP contribution in [0.15, 0.2) is 34.1 Å². The molecule has 0 bridgehead atoms. The molecule has 0 saturated heterocycles. The third kappa shape index (κ3) is 4.23. The van der Waals surface area contributed by atoms with Gasteiger partial charge in [-0.15, -0.1) is 11.8 Å². The van der Waals surface area contributed by atoms with Gasteiger partial charge in [0.15, 0.2) is 9.84 Å². The standard InChI is InChI=1S/C14H21NO2S2/c1-19(16,17)13-8-6-12(7-9-13)18-10-14(15)11-4-2-3-5-11/h6-9,11,14H,2-5,10,15H2,1H3. The van der Waals surface area contributed by atoms with Crippen molar-refractivity contribution in [3.05, 3.63) is 24.3 Å². The van der Waals surface area contributed by atoms with Crippen LogP contribution >= 0.6 is 11.8 Å². The van der Waals surface area contributed by atoms with Crippen molar-refractivity contribution in [2.24, 2.45) is 11.7 Å². The highest BCUT2D eigenvalue weighted by molar-refractivity contribution is 7.99. The first-order chi connectivity index (χ1) is 8.97. The summed E-state index contributed by atoms with van der Waals surface area (Å²) < 4.78 is 22.7. The first-order valence-electron chi connectivity index (χ1n) is 6.65. The number of thioether (sulfide) groups is 1. The number of hydrogen-bond donors (Lipinski definition) is 1. The van der Waals surface area contributed by atoms with Crippen LogP contribution in [-0.2, 0) is 9.84 Å². The van der Waals surface area contributed by atoms with Gasteiger partial charge in [0, 0.05) is 22.9 Å². The maximum atomic E-state index is 11.4. The lowest BCUT2D eigenvalue weighted by molar-refractivity contribution is 0.463. The van der Waals surface area contributed by atoms with E-state index < -0.39 is 9.84 Å². The average Bonchev–Trinajstić information content (AvgIpc) is 2.89. The van der Waals surface area contributed by atoms with Crippen LogP contribution in [0.1, 0.15) is 25.7 Å². The largest absolute Gasteiger partial charge is 0.327 e. The monoisotopic (exact) mass is 299 g/mol. The molecule has 1 unspecified atom stereocenters. The van der Waals surface area contributed by atoms with Crippen molar-refractivity contribution in [2.45, 2.75) is 41.5 Å². The predicted octanol–water partition coefficient (Wildman–Crippen LogP) is 2.70. The van der Waals surface area contributed by atoms with E-state index in [1.165, 1.54) is 31.9 Å². The van der Waals surface area contributed by atoms with Gasteiger partial charge in [0.05, 0.1) is 4.90 Å². The Morgan fingerprint density at radius 1 is 1.26 bits per heavy atom. The predicted molar refractivity (Wildman–Crippen MR) is 80.2 cm³/mol. The summed E-state index contributed by atoms with van der Waals surface area (Å²) in [6.45, 7) is 0. The Bertz CT molecular complexity index is 505. The Labute approximate surface area is 119 Å². The summed E-state index contributed by atoms with van der Waals surface area (Å²) in [7, 11) is -3.10. The van der Waals surface area contributed by atoms with Crippen LogP contribution in [0.5, 0.6) is 0 Å². The van der Waals surface area contributed by atoms with Crippen molar-refractivity contribution in [1.82, 2.24) is 0 Å². The van der Waals surface area contributed by atoms with Crippen LogP contribution in [0.3, 0.4) is 0 Å².